The summed E-state index contributed by atoms with van der Waals surface area (Å²) in [5.74, 6) is 0.855. The van der Waals surface area contributed by atoms with E-state index in [-0.39, 0.29) is 29.1 Å². The monoisotopic (exact) mass is 566 g/mol. The average Bonchev–Trinajstić information content (AvgIpc) is 3.74. The first kappa shape index (κ1) is 26.3. The van der Waals surface area contributed by atoms with Crippen molar-refractivity contribution in [2.75, 3.05) is 31.2 Å². The Balaban J connectivity index is 1.25. The van der Waals surface area contributed by atoms with Crippen LogP contribution in [0, 0.1) is 5.82 Å². The van der Waals surface area contributed by atoms with Crippen molar-refractivity contribution in [1.82, 2.24) is 29.9 Å². The van der Waals surface area contributed by atoms with Crippen LogP contribution in [0.2, 0.25) is 0 Å². The van der Waals surface area contributed by atoms with Crippen molar-refractivity contribution in [3.05, 3.63) is 71.4 Å². The minimum atomic E-state index is -3.16. The lowest BCUT2D eigenvalue weighted by Crippen LogP contribution is -2.43. The van der Waals surface area contributed by atoms with Gasteiger partial charge in [-0.1, -0.05) is 12.1 Å². The highest BCUT2D eigenvalue weighted by Crippen LogP contribution is 2.35. The number of ether oxygens (including phenoxy) is 1. The van der Waals surface area contributed by atoms with E-state index in [4.69, 9.17) is 15.5 Å². The van der Waals surface area contributed by atoms with Crippen LogP contribution in [0.15, 0.2) is 48.8 Å². The molecule has 6 rings (SSSR count). The lowest BCUT2D eigenvalue weighted by Gasteiger charge is -2.31. The number of methoxy groups -OCH3 is 1. The van der Waals surface area contributed by atoms with E-state index in [1.54, 1.807) is 41.0 Å². The molecule has 1 saturated heterocycles. The van der Waals surface area contributed by atoms with Gasteiger partial charge in [0.05, 0.1) is 29.4 Å². The molecule has 13 heteroatoms. The molecule has 3 aliphatic rings. The number of hydrogen-bond acceptors (Lipinski definition) is 10. The molecule has 2 fully saturated rings. The van der Waals surface area contributed by atoms with Crippen LogP contribution in [-0.2, 0) is 10.0 Å². The Morgan fingerprint density at radius 3 is 2.48 bits per heavy atom. The second-order valence-corrected chi connectivity index (χ2v) is 12.4. The van der Waals surface area contributed by atoms with Crippen molar-refractivity contribution in [2.24, 2.45) is 0 Å². The molecule has 5 N–H and O–H groups in total. The predicted molar refractivity (Wildman–Crippen MR) is 150 cm³/mol. The van der Waals surface area contributed by atoms with Crippen LogP contribution < -0.4 is 26.4 Å². The van der Waals surface area contributed by atoms with E-state index >= 15 is 0 Å². The van der Waals surface area contributed by atoms with Gasteiger partial charge in [0.25, 0.3) is 0 Å². The van der Waals surface area contributed by atoms with E-state index in [0.717, 1.165) is 29.7 Å². The van der Waals surface area contributed by atoms with Gasteiger partial charge in [0.15, 0.2) is 11.6 Å². The predicted octanol–water partition coefficient (Wildman–Crippen LogP) is 2.69. The third kappa shape index (κ3) is 5.26. The van der Waals surface area contributed by atoms with E-state index in [9.17, 15) is 12.8 Å². The molecule has 0 radical (unpaired) electrons. The van der Waals surface area contributed by atoms with Crippen molar-refractivity contribution in [2.45, 2.75) is 43.1 Å². The second kappa shape index (κ2) is 10.5. The summed E-state index contributed by atoms with van der Waals surface area (Å²) in [5, 5.41) is 10.1. The summed E-state index contributed by atoms with van der Waals surface area (Å²) in [6.45, 7) is 0.977. The smallest absolute Gasteiger partial charge is 0.223 e. The van der Waals surface area contributed by atoms with Gasteiger partial charge in [-0.3, -0.25) is 0 Å². The SMILES string of the molecule is COc1cc(C2=C(c3ccnc(NC4CCN(S(=O)(=O)C5CC5)CC4)n3)NC(c3ccc(F)cc3)N2)cnc1N. The molecule has 210 valence electrons. The molecule has 0 spiro atoms. The van der Waals surface area contributed by atoms with Crippen LogP contribution >= 0.6 is 0 Å². The third-order valence-electron chi connectivity index (χ3n) is 7.43. The molecule has 40 heavy (non-hydrogen) atoms. The van der Waals surface area contributed by atoms with Crippen molar-refractivity contribution >= 4 is 33.2 Å². The molecule has 2 aromatic heterocycles. The molecule has 1 atom stereocenters. The average molecular weight is 567 g/mol. The number of piperidine rings is 1. The van der Waals surface area contributed by atoms with Crippen LogP contribution in [0.5, 0.6) is 5.75 Å². The van der Waals surface area contributed by atoms with Crippen LogP contribution in [0.3, 0.4) is 0 Å². The van der Waals surface area contributed by atoms with Gasteiger partial charge in [-0.05, 0) is 55.5 Å². The first-order valence-electron chi connectivity index (χ1n) is 13.2. The van der Waals surface area contributed by atoms with Crippen molar-refractivity contribution in [1.29, 1.82) is 0 Å². The normalized spacial score (nSPS) is 20.2. The molecule has 1 aliphatic carbocycles. The first-order valence-corrected chi connectivity index (χ1v) is 14.7. The lowest BCUT2D eigenvalue weighted by atomic mass is 10.1. The van der Waals surface area contributed by atoms with Gasteiger partial charge in [-0.25, -0.2) is 32.1 Å². The van der Waals surface area contributed by atoms with Gasteiger partial charge in [-0.15, -0.1) is 0 Å². The number of nitrogens with zero attached hydrogens (tertiary/aromatic N) is 4. The zero-order chi connectivity index (χ0) is 27.9. The van der Waals surface area contributed by atoms with Crippen LogP contribution in [-0.4, -0.2) is 59.2 Å². The number of nitrogens with two attached hydrogens (primary N) is 1. The van der Waals surface area contributed by atoms with Gasteiger partial charge in [-0.2, -0.15) is 0 Å². The van der Waals surface area contributed by atoms with Crippen LogP contribution in [0.4, 0.5) is 16.2 Å². The Kier molecular flexibility index (Phi) is 6.92. The zero-order valence-electron chi connectivity index (χ0n) is 22.0. The number of rotatable bonds is 8. The van der Waals surface area contributed by atoms with Gasteiger partial charge in [0, 0.05) is 37.1 Å². The van der Waals surface area contributed by atoms with Crippen molar-refractivity contribution in [3.8, 4) is 5.75 Å². The Hall–Kier alpha value is -3.97. The maximum absolute atomic E-state index is 13.6. The fourth-order valence-corrected chi connectivity index (χ4v) is 6.93. The van der Waals surface area contributed by atoms with Crippen molar-refractivity contribution in [3.63, 3.8) is 0 Å². The summed E-state index contributed by atoms with van der Waals surface area (Å²) in [6.07, 6.45) is 5.87. The number of benzene rings is 1. The third-order valence-corrected chi connectivity index (χ3v) is 9.82. The molecule has 0 amide bonds. The molecule has 0 bridgehead atoms. The Morgan fingerprint density at radius 2 is 1.77 bits per heavy atom. The number of aromatic nitrogens is 3. The fraction of sp³-hybridized carbons (Fsp3) is 0.370. The topological polar surface area (TPSA) is 147 Å². The fourth-order valence-electron chi connectivity index (χ4n) is 5.06. The van der Waals surface area contributed by atoms with Gasteiger partial charge in [0.2, 0.25) is 16.0 Å². The van der Waals surface area contributed by atoms with Crippen LogP contribution in [0.25, 0.3) is 11.4 Å². The van der Waals surface area contributed by atoms with E-state index in [0.29, 0.717) is 49.0 Å². The number of halogens is 1. The second-order valence-electron chi connectivity index (χ2n) is 10.2. The summed E-state index contributed by atoms with van der Waals surface area (Å²) in [6, 6.07) is 9.91. The molecule has 2 aliphatic heterocycles. The molecule has 11 nitrogen and oxygen atoms in total. The minimum absolute atomic E-state index is 0.0570. The summed E-state index contributed by atoms with van der Waals surface area (Å²) in [5.41, 5.74) is 9.58. The standard InChI is InChI=1S/C27H31FN8O3S/c1-39-22-14-17(15-31-25(22)29)23-24(35-26(34-23)16-2-4-18(28)5-3-16)21-8-11-30-27(33-21)32-19-9-12-36(13-10-19)40(37,38)20-6-7-20/h2-5,8,11,14-15,19-20,26,34-35H,6-7,9-10,12-13H2,1H3,(H2,29,31)(H,30,32,33). The number of hydrogen-bond donors (Lipinski definition) is 4. The quantitative estimate of drug-likeness (QED) is 0.321. The number of anilines is 2. The van der Waals surface area contributed by atoms with E-state index < -0.39 is 10.0 Å². The highest BCUT2D eigenvalue weighted by Gasteiger charge is 2.41. The largest absolute Gasteiger partial charge is 0.493 e. The van der Waals surface area contributed by atoms with Crippen molar-refractivity contribution < 1.29 is 17.5 Å². The van der Waals surface area contributed by atoms with E-state index in [1.165, 1.54) is 19.2 Å². The molecule has 3 aromatic rings. The number of nitrogens with one attached hydrogen (secondary N) is 3. The zero-order valence-corrected chi connectivity index (χ0v) is 22.8. The molecule has 1 saturated carbocycles. The van der Waals surface area contributed by atoms with Gasteiger partial charge < -0.3 is 26.4 Å². The summed E-state index contributed by atoms with van der Waals surface area (Å²) in [7, 11) is -1.63. The highest BCUT2D eigenvalue weighted by atomic mass is 32.2. The van der Waals surface area contributed by atoms with Crippen LogP contribution in [0.1, 0.15) is 48.7 Å². The molecule has 1 aromatic carbocycles. The highest BCUT2D eigenvalue weighted by molar-refractivity contribution is 7.90. The first-order chi connectivity index (χ1) is 19.3. The molecular formula is C27H31FN8O3S. The maximum atomic E-state index is 13.6. The maximum Gasteiger partial charge on any atom is 0.223 e. The Morgan fingerprint density at radius 1 is 1.05 bits per heavy atom. The summed E-state index contributed by atoms with van der Waals surface area (Å²) < 4.78 is 45.8. The van der Waals surface area contributed by atoms with E-state index in [1.807, 2.05) is 0 Å². The van der Waals surface area contributed by atoms with Gasteiger partial charge >= 0.3 is 0 Å². The summed E-state index contributed by atoms with van der Waals surface area (Å²) in [4.78, 5) is 13.5. The molecule has 4 heterocycles. The Labute approximate surface area is 232 Å². The molecular weight excluding hydrogens is 535 g/mol. The lowest BCUT2D eigenvalue weighted by molar-refractivity contribution is 0.328. The van der Waals surface area contributed by atoms with Gasteiger partial charge in [0.1, 0.15) is 12.0 Å². The number of sulfonamides is 1. The number of pyridine rings is 1. The van der Waals surface area contributed by atoms with E-state index in [2.05, 4.69) is 25.9 Å². The number of nitrogen functional groups attached to an aromatic ring is 1. The minimum Gasteiger partial charge on any atom is -0.493 e. The summed E-state index contributed by atoms with van der Waals surface area (Å²) >= 11 is 0. The Bertz CT molecular complexity index is 1540. The molecule has 1 unspecified atom stereocenters.